The first-order chi connectivity index (χ1) is 24.8. The highest BCUT2D eigenvalue weighted by molar-refractivity contribution is 7.86. The standard InChI is InChI=1S/C11H11NO3.C11H16O4S.C10H11NO2.C4H9NO3/c1-14-11(13)9-7-15-10(12-9)8-5-3-2-4-6-8;1-9-3-5-11(6-4-9)16(13,14)15-8-7-10(2)12;12-6-9-7-13-10(11-9)8-4-2-1-3-5-8;1-8-4(7)3(5)2-6/h2-6,9H,7H2,1H3;3-6,10,12H,7-8H2,1-2H3;1-5,9,12H,6-7H2;3,6H,2,5H2,1H3. The van der Waals surface area contributed by atoms with Gasteiger partial charge < -0.3 is 40.0 Å². The number of aliphatic hydroxyl groups is 3. The summed E-state index contributed by atoms with van der Waals surface area (Å²) >= 11 is 0. The number of benzene rings is 3. The van der Waals surface area contributed by atoms with Crippen LogP contribution < -0.4 is 5.73 Å². The van der Waals surface area contributed by atoms with Gasteiger partial charge in [-0.2, -0.15) is 8.42 Å². The van der Waals surface area contributed by atoms with Crippen molar-refractivity contribution in [2.75, 3.05) is 47.3 Å². The monoisotopic (exact) mass is 745 g/mol. The van der Waals surface area contributed by atoms with E-state index in [4.69, 9.17) is 34.7 Å². The molecule has 5 rings (SSSR count). The Kier molecular flexibility index (Phi) is 19.2. The van der Waals surface area contributed by atoms with E-state index >= 15 is 0 Å². The molecule has 16 heteroatoms. The Hall–Kier alpha value is -4.71. The highest BCUT2D eigenvalue weighted by atomic mass is 32.2. The lowest BCUT2D eigenvalue weighted by molar-refractivity contribution is -0.143. The zero-order chi connectivity index (χ0) is 38.5. The first-order valence-electron chi connectivity index (χ1n) is 16.1. The predicted octanol–water partition coefficient (Wildman–Crippen LogP) is 1.78. The molecule has 0 saturated heterocycles. The van der Waals surface area contributed by atoms with E-state index in [-0.39, 0.29) is 43.3 Å². The van der Waals surface area contributed by atoms with Crippen molar-refractivity contribution in [2.24, 2.45) is 15.7 Å². The van der Waals surface area contributed by atoms with Crippen LogP contribution in [-0.4, -0.2) is 119 Å². The van der Waals surface area contributed by atoms with Crippen molar-refractivity contribution in [3.8, 4) is 0 Å². The van der Waals surface area contributed by atoms with Crippen LogP contribution in [0.15, 0.2) is 99.8 Å². The van der Waals surface area contributed by atoms with Crippen molar-refractivity contribution < 1.29 is 56.5 Å². The molecule has 5 N–H and O–H groups in total. The molecule has 0 bridgehead atoms. The Balaban J connectivity index is 0.000000246. The van der Waals surface area contributed by atoms with Gasteiger partial charge in [0.15, 0.2) is 6.04 Å². The van der Waals surface area contributed by atoms with Gasteiger partial charge >= 0.3 is 11.9 Å². The van der Waals surface area contributed by atoms with Crippen molar-refractivity contribution in [3.05, 3.63) is 102 Å². The largest absolute Gasteiger partial charge is 0.475 e. The lowest BCUT2D eigenvalue weighted by Crippen LogP contribution is -2.34. The van der Waals surface area contributed by atoms with Crippen LogP contribution in [0, 0.1) is 6.92 Å². The average molecular weight is 746 g/mol. The quantitative estimate of drug-likeness (QED) is 0.162. The Morgan fingerprint density at radius 3 is 1.85 bits per heavy atom. The topological polar surface area (TPSA) is 226 Å². The summed E-state index contributed by atoms with van der Waals surface area (Å²) < 4.78 is 47.4. The maximum atomic E-state index is 11.6. The zero-order valence-electron chi connectivity index (χ0n) is 29.5. The molecule has 0 aromatic heterocycles. The van der Waals surface area contributed by atoms with Crippen LogP contribution in [0.4, 0.5) is 0 Å². The van der Waals surface area contributed by atoms with Crippen LogP contribution in [-0.2, 0) is 42.8 Å². The normalized spacial score (nSPS) is 17.0. The lowest BCUT2D eigenvalue weighted by Gasteiger charge is -2.07. The summed E-state index contributed by atoms with van der Waals surface area (Å²) in [5.41, 5.74) is 7.84. The fraction of sp³-hybridized carbons (Fsp3) is 0.389. The molecule has 2 heterocycles. The highest BCUT2D eigenvalue weighted by Gasteiger charge is 2.27. The Labute approximate surface area is 303 Å². The van der Waals surface area contributed by atoms with E-state index in [1.165, 1.54) is 26.4 Å². The third-order valence-corrected chi connectivity index (χ3v) is 8.20. The van der Waals surface area contributed by atoms with Gasteiger partial charge in [0.1, 0.15) is 25.3 Å². The third-order valence-electron chi connectivity index (χ3n) is 6.87. The number of methoxy groups -OCH3 is 2. The molecule has 4 unspecified atom stereocenters. The maximum absolute atomic E-state index is 11.6. The number of aliphatic hydroxyl groups excluding tert-OH is 3. The van der Waals surface area contributed by atoms with Crippen molar-refractivity contribution >= 4 is 33.9 Å². The van der Waals surface area contributed by atoms with Gasteiger partial charge in [-0.25, -0.2) is 14.8 Å². The van der Waals surface area contributed by atoms with Gasteiger partial charge in [-0.1, -0.05) is 54.1 Å². The van der Waals surface area contributed by atoms with Crippen LogP contribution >= 0.6 is 0 Å². The first kappa shape index (κ1) is 43.5. The number of hydrogen-bond acceptors (Lipinski definition) is 15. The van der Waals surface area contributed by atoms with Gasteiger partial charge in [0.05, 0.1) is 45.0 Å². The van der Waals surface area contributed by atoms with Gasteiger partial charge in [-0.15, -0.1) is 0 Å². The summed E-state index contributed by atoms with van der Waals surface area (Å²) in [4.78, 5) is 29.9. The van der Waals surface area contributed by atoms with Gasteiger partial charge in [0.2, 0.25) is 11.8 Å². The summed E-state index contributed by atoms with van der Waals surface area (Å²) in [6, 6.07) is 24.1. The average Bonchev–Trinajstić information content (AvgIpc) is 3.87. The Bertz CT molecular complexity index is 1670. The Morgan fingerprint density at radius 2 is 1.40 bits per heavy atom. The van der Waals surface area contributed by atoms with Crippen molar-refractivity contribution in [3.63, 3.8) is 0 Å². The molecular formula is C36H47N3O12S. The van der Waals surface area contributed by atoms with E-state index < -0.39 is 34.3 Å². The second kappa shape index (κ2) is 23.0. The highest BCUT2D eigenvalue weighted by Crippen LogP contribution is 2.15. The van der Waals surface area contributed by atoms with Gasteiger partial charge in [-0.3, -0.25) is 8.98 Å². The van der Waals surface area contributed by atoms with Gasteiger partial charge in [0, 0.05) is 11.1 Å². The van der Waals surface area contributed by atoms with Crippen molar-refractivity contribution in [1.82, 2.24) is 0 Å². The van der Waals surface area contributed by atoms with Crippen molar-refractivity contribution in [1.29, 1.82) is 0 Å². The molecule has 52 heavy (non-hydrogen) atoms. The van der Waals surface area contributed by atoms with Gasteiger partial charge in [0.25, 0.3) is 10.1 Å². The molecule has 2 aliphatic rings. The maximum Gasteiger partial charge on any atom is 0.334 e. The van der Waals surface area contributed by atoms with E-state index in [1.807, 2.05) is 67.6 Å². The number of hydrogen-bond donors (Lipinski definition) is 4. The van der Waals surface area contributed by atoms with Crippen molar-refractivity contribution in [2.45, 2.75) is 49.4 Å². The zero-order valence-corrected chi connectivity index (χ0v) is 30.3. The number of aryl methyl sites for hydroxylation is 1. The smallest absolute Gasteiger partial charge is 0.334 e. The summed E-state index contributed by atoms with van der Waals surface area (Å²) in [6.45, 7) is 3.89. The summed E-state index contributed by atoms with van der Waals surface area (Å²) in [7, 11) is -1.12. The number of nitrogens with two attached hydrogens (primary N) is 1. The molecule has 0 amide bonds. The molecule has 0 fully saturated rings. The third kappa shape index (κ3) is 15.3. The molecule has 15 nitrogen and oxygen atoms in total. The minimum Gasteiger partial charge on any atom is -0.475 e. The molecule has 0 spiro atoms. The van der Waals surface area contributed by atoms with Crippen LogP contribution in [0.1, 0.15) is 30.0 Å². The van der Waals surface area contributed by atoms with E-state index in [0.717, 1.165) is 16.7 Å². The van der Waals surface area contributed by atoms with Crippen LogP contribution in [0.25, 0.3) is 0 Å². The van der Waals surface area contributed by atoms with E-state index in [9.17, 15) is 18.0 Å². The number of aliphatic imine (C=N–C) groups is 2. The summed E-state index contributed by atoms with van der Waals surface area (Å²) in [5, 5.41) is 26.0. The lowest BCUT2D eigenvalue weighted by atomic mass is 10.2. The molecule has 2 aliphatic heterocycles. The number of carbonyl (C=O) groups is 2. The molecule has 0 saturated carbocycles. The van der Waals surface area contributed by atoms with E-state index in [1.54, 1.807) is 19.1 Å². The van der Waals surface area contributed by atoms with E-state index in [0.29, 0.717) is 24.8 Å². The molecule has 284 valence electrons. The van der Waals surface area contributed by atoms with E-state index in [2.05, 4.69) is 19.5 Å². The SMILES string of the molecule is COC(=O)C(N)CO.COC(=O)C1COC(c2ccccc2)=N1.Cc1ccc(S(=O)(=O)OCCC(C)O)cc1.OCC1COC(c2ccccc2)=N1. The second-order valence-corrected chi connectivity index (χ2v) is 12.8. The molecule has 3 aromatic rings. The van der Waals surface area contributed by atoms with Crippen LogP contribution in [0.3, 0.4) is 0 Å². The molecule has 0 radical (unpaired) electrons. The Morgan fingerprint density at radius 1 is 0.865 bits per heavy atom. The number of ether oxygens (including phenoxy) is 4. The minimum absolute atomic E-state index is 0.00607. The van der Waals surface area contributed by atoms with Gasteiger partial charge in [-0.05, 0) is 56.7 Å². The number of carbonyl (C=O) groups excluding carboxylic acids is 2. The number of rotatable bonds is 11. The fourth-order valence-corrected chi connectivity index (χ4v) is 4.87. The van der Waals surface area contributed by atoms with Crippen LogP contribution in [0.5, 0.6) is 0 Å². The first-order valence-corrected chi connectivity index (χ1v) is 17.5. The number of esters is 2. The van der Waals surface area contributed by atoms with Crippen LogP contribution in [0.2, 0.25) is 0 Å². The molecule has 3 aromatic carbocycles. The molecule has 4 atom stereocenters. The number of nitrogens with zero attached hydrogens (tertiary/aromatic N) is 2. The summed E-state index contributed by atoms with van der Waals surface area (Å²) in [6.07, 6.45) is -0.265. The summed E-state index contributed by atoms with van der Waals surface area (Å²) in [5.74, 6) is 0.194. The molecule has 0 aliphatic carbocycles. The second-order valence-electron chi connectivity index (χ2n) is 11.1. The predicted molar refractivity (Wildman–Crippen MR) is 192 cm³/mol. The minimum atomic E-state index is -3.68. The fourth-order valence-electron chi connectivity index (χ4n) is 3.94. The molecular weight excluding hydrogens is 698 g/mol.